The molecule has 0 N–H and O–H groups in total. The van der Waals surface area contributed by atoms with E-state index in [9.17, 15) is 0 Å². The van der Waals surface area contributed by atoms with Crippen LogP contribution < -0.4 is 0 Å². The fourth-order valence-corrected chi connectivity index (χ4v) is 4.96. The van der Waals surface area contributed by atoms with Crippen LogP contribution in [0.1, 0.15) is 38.5 Å². The van der Waals surface area contributed by atoms with Crippen molar-refractivity contribution in [3.63, 3.8) is 0 Å². The Kier molecular flexibility index (Phi) is 2.38. The van der Waals surface area contributed by atoms with Crippen LogP contribution in [-0.4, -0.2) is 43.9 Å². The standard InChI is InChI=1S/C15H22O4/c1-3-10-12(18-10)15(4-1)8-9(7-11-13(15)19-11)14-16-5-2-6-17-14/h9-14H,1-8H2. The average Bonchev–Trinajstić information content (AvgIpc) is 3.33. The van der Waals surface area contributed by atoms with Crippen LogP contribution in [0, 0.1) is 11.3 Å². The van der Waals surface area contributed by atoms with Gasteiger partial charge < -0.3 is 18.9 Å². The van der Waals surface area contributed by atoms with E-state index < -0.39 is 0 Å². The van der Waals surface area contributed by atoms with E-state index in [2.05, 4.69) is 0 Å². The minimum Gasteiger partial charge on any atom is -0.369 e. The molecule has 2 saturated carbocycles. The fourth-order valence-electron chi connectivity index (χ4n) is 4.96. The summed E-state index contributed by atoms with van der Waals surface area (Å²) in [6.07, 6.45) is 9.11. The van der Waals surface area contributed by atoms with Gasteiger partial charge in [-0.05, 0) is 32.1 Å². The van der Waals surface area contributed by atoms with Crippen molar-refractivity contribution in [2.45, 2.75) is 69.2 Å². The van der Waals surface area contributed by atoms with Gasteiger partial charge in [-0.2, -0.15) is 0 Å². The molecule has 19 heavy (non-hydrogen) atoms. The van der Waals surface area contributed by atoms with Gasteiger partial charge >= 0.3 is 0 Å². The molecule has 3 heterocycles. The Morgan fingerprint density at radius 1 is 0.895 bits per heavy atom. The zero-order valence-corrected chi connectivity index (χ0v) is 11.3. The summed E-state index contributed by atoms with van der Waals surface area (Å²) in [6, 6.07) is 0. The van der Waals surface area contributed by atoms with Crippen molar-refractivity contribution in [3.05, 3.63) is 0 Å². The number of fused-ring (bicyclic) bond motifs is 4. The topological polar surface area (TPSA) is 43.5 Å². The van der Waals surface area contributed by atoms with Crippen LogP contribution in [0.2, 0.25) is 0 Å². The summed E-state index contributed by atoms with van der Waals surface area (Å²) in [5, 5.41) is 0. The van der Waals surface area contributed by atoms with Crippen LogP contribution in [0.4, 0.5) is 0 Å². The molecule has 3 saturated heterocycles. The molecule has 0 amide bonds. The summed E-state index contributed by atoms with van der Waals surface area (Å²) in [5.74, 6) is 0.506. The zero-order chi connectivity index (χ0) is 12.4. The van der Waals surface area contributed by atoms with E-state index in [0.717, 1.165) is 26.1 Å². The van der Waals surface area contributed by atoms with E-state index in [0.29, 0.717) is 35.7 Å². The van der Waals surface area contributed by atoms with E-state index in [1.54, 1.807) is 0 Å². The molecular formula is C15H22O4. The van der Waals surface area contributed by atoms with Gasteiger partial charge in [0.2, 0.25) is 0 Å². The van der Waals surface area contributed by atoms with Crippen molar-refractivity contribution in [1.82, 2.24) is 0 Å². The molecule has 6 unspecified atom stereocenters. The van der Waals surface area contributed by atoms with Crippen LogP contribution in [0.25, 0.3) is 0 Å². The van der Waals surface area contributed by atoms with Gasteiger partial charge in [0.15, 0.2) is 6.29 Å². The molecule has 4 heteroatoms. The van der Waals surface area contributed by atoms with Gasteiger partial charge in [0, 0.05) is 11.3 Å². The number of hydrogen-bond donors (Lipinski definition) is 0. The lowest BCUT2D eigenvalue weighted by Gasteiger charge is -2.42. The summed E-state index contributed by atoms with van der Waals surface area (Å²) in [6.45, 7) is 1.71. The predicted octanol–water partition coefficient (Wildman–Crippen LogP) is 1.86. The third-order valence-corrected chi connectivity index (χ3v) is 5.84. The highest BCUT2D eigenvalue weighted by atomic mass is 16.7. The highest BCUT2D eigenvalue weighted by Crippen LogP contribution is 2.63. The van der Waals surface area contributed by atoms with Crippen LogP contribution in [0.3, 0.4) is 0 Å². The van der Waals surface area contributed by atoms with Gasteiger partial charge in [0.25, 0.3) is 0 Å². The number of hydrogen-bond acceptors (Lipinski definition) is 4. The van der Waals surface area contributed by atoms with Gasteiger partial charge in [-0.25, -0.2) is 0 Å². The molecule has 0 aromatic rings. The Labute approximate surface area is 113 Å². The molecule has 1 spiro atoms. The monoisotopic (exact) mass is 266 g/mol. The first-order valence-corrected chi connectivity index (χ1v) is 7.91. The van der Waals surface area contributed by atoms with Gasteiger partial charge in [0.1, 0.15) is 0 Å². The molecule has 6 atom stereocenters. The molecule has 0 aromatic carbocycles. The second-order valence-electron chi connectivity index (χ2n) is 6.98. The van der Waals surface area contributed by atoms with E-state index in [-0.39, 0.29) is 6.29 Å². The first-order valence-electron chi connectivity index (χ1n) is 7.91. The first-order chi connectivity index (χ1) is 9.37. The molecule has 5 fully saturated rings. The van der Waals surface area contributed by atoms with Crippen LogP contribution in [-0.2, 0) is 18.9 Å². The predicted molar refractivity (Wildman–Crippen MR) is 66.6 cm³/mol. The van der Waals surface area contributed by atoms with Gasteiger partial charge in [-0.1, -0.05) is 6.42 Å². The molecule has 5 rings (SSSR count). The molecule has 5 aliphatic rings. The lowest BCUT2D eigenvalue weighted by molar-refractivity contribution is -0.214. The van der Waals surface area contributed by atoms with E-state index in [1.165, 1.54) is 25.7 Å². The summed E-state index contributed by atoms with van der Waals surface area (Å²) in [5.41, 5.74) is 0.292. The Balaban J connectivity index is 1.38. The molecular weight excluding hydrogens is 244 g/mol. The SMILES string of the molecule is C1COC(C2CC3OC3C3(CCCC4OC43)C2)OC1. The quantitative estimate of drug-likeness (QED) is 0.680. The van der Waals surface area contributed by atoms with Crippen molar-refractivity contribution in [2.75, 3.05) is 13.2 Å². The van der Waals surface area contributed by atoms with E-state index in [4.69, 9.17) is 18.9 Å². The lowest BCUT2D eigenvalue weighted by atomic mass is 9.62. The normalized spacial score (nSPS) is 56.5. The maximum absolute atomic E-state index is 6.00. The zero-order valence-electron chi connectivity index (χ0n) is 11.3. The number of rotatable bonds is 1. The van der Waals surface area contributed by atoms with Crippen molar-refractivity contribution < 1.29 is 18.9 Å². The van der Waals surface area contributed by atoms with Crippen molar-refractivity contribution in [1.29, 1.82) is 0 Å². The minimum atomic E-state index is 0.00917. The van der Waals surface area contributed by atoms with Crippen molar-refractivity contribution in [2.24, 2.45) is 11.3 Å². The highest BCUT2D eigenvalue weighted by molar-refractivity contribution is 5.16. The molecule has 0 radical (unpaired) electrons. The summed E-state index contributed by atoms with van der Waals surface area (Å²) < 4.78 is 23.6. The Morgan fingerprint density at radius 2 is 1.68 bits per heavy atom. The second-order valence-corrected chi connectivity index (χ2v) is 6.98. The maximum Gasteiger partial charge on any atom is 0.160 e. The Morgan fingerprint density at radius 3 is 2.58 bits per heavy atom. The average molecular weight is 266 g/mol. The molecule has 0 bridgehead atoms. The van der Waals surface area contributed by atoms with Crippen LogP contribution >= 0.6 is 0 Å². The molecule has 3 aliphatic heterocycles. The highest BCUT2D eigenvalue weighted by Gasteiger charge is 2.69. The first kappa shape index (κ1) is 11.5. The van der Waals surface area contributed by atoms with Gasteiger partial charge in [-0.15, -0.1) is 0 Å². The van der Waals surface area contributed by atoms with Crippen molar-refractivity contribution in [3.8, 4) is 0 Å². The fraction of sp³-hybridized carbons (Fsp3) is 1.00. The molecule has 2 aliphatic carbocycles. The lowest BCUT2D eigenvalue weighted by Crippen LogP contribution is -2.47. The summed E-state index contributed by atoms with van der Waals surface area (Å²) in [4.78, 5) is 0. The maximum atomic E-state index is 6.00. The molecule has 0 aromatic heterocycles. The minimum absolute atomic E-state index is 0.00917. The van der Waals surface area contributed by atoms with Crippen molar-refractivity contribution >= 4 is 0 Å². The van der Waals surface area contributed by atoms with E-state index in [1.807, 2.05) is 0 Å². The van der Waals surface area contributed by atoms with Gasteiger partial charge in [0.05, 0.1) is 37.6 Å². The van der Waals surface area contributed by atoms with E-state index >= 15 is 0 Å². The Hall–Kier alpha value is -0.160. The smallest absolute Gasteiger partial charge is 0.160 e. The third kappa shape index (κ3) is 1.67. The largest absolute Gasteiger partial charge is 0.369 e. The summed E-state index contributed by atoms with van der Waals surface area (Å²) >= 11 is 0. The number of epoxide rings is 2. The second kappa shape index (κ2) is 3.94. The third-order valence-electron chi connectivity index (χ3n) is 5.84. The Bertz CT molecular complexity index is 376. The molecule has 106 valence electrons. The van der Waals surface area contributed by atoms with Gasteiger partial charge in [-0.3, -0.25) is 0 Å². The molecule has 4 nitrogen and oxygen atoms in total. The number of ether oxygens (including phenoxy) is 4. The van der Waals surface area contributed by atoms with Crippen LogP contribution in [0.15, 0.2) is 0 Å². The summed E-state index contributed by atoms with van der Waals surface area (Å²) in [7, 11) is 0. The van der Waals surface area contributed by atoms with Crippen LogP contribution in [0.5, 0.6) is 0 Å².